The number of benzene rings is 2. The minimum atomic E-state index is -0.864. The van der Waals surface area contributed by atoms with Crippen LogP contribution in [0.3, 0.4) is 0 Å². The van der Waals surface area contributed by atoms with E-state index in [1.807, 2.05) is 19.9 Å². The lowest BCUT2D eigenvalue weighted by atomic mass is 10.1. The zero-order valence-electron chi connectivity index (χ0n) is 13.1. The quantitative estimate of drug-likeness (QED) is 0.616. The first-order chi connectivity index (χ1) is 11.3. The van der Waals surface area contributed by atoms with E-state index in [1.165, 1.54) is 11.0 Å². The Morgan fingerprint density at radius 2 is 1.54 bits per heavy atom. The Morgan fingerprint density at radius 1 is 0.958 bits per heavy atom. The van der Waals surface area contributed by atoms with Crippen LogP contribution in [0.1, 0.15) is 24.2 Å². The van der Waals surface area contributed by atoms with Gasteiger partial charge in [0.2, 0.25) is 0 Å². The lowest BCUT2D eigenvalue weighted by Crippen LogP contribution is -2.37. The number of hydrogen-bond donors (Lipinski definition) is 0. The molecule has 0 aromatic heterocycles. The van der Waals surface area contributed by atoms with E-state index in [0.717, 1.165) is 12.1 Å². The van der Waals surface area contributed by atoms with Crippen molar-refractivity contribution >= 4 is 23.0 Å². The number of para-hydroxylation sites is 1. The molecule has 0 heterocycles. The third kappa shape index (κ3) is 3.37. The SMILES string of the molecule is CC(C)N(C(=O)c1ccc([N+](=O)[O-])c([N+](=O)[O-])c1)c1ccccc1. The second-order valence-electron chi connectivity index (χ2n) is 5.32. The number of carbonyl (C=O) groups excluding carboxylic acids is 1. The fourth-order valence-electron chi connectivity index (χ4n) is 2.33. The predicted molar refractivity (Wildman–Crippen MR) is 88.1 cm³/mol. The first-order valence-corrected chi connectivity index (χ1v) is 7.14. The number of hydrogen-bond acceptors (Lipinski definition) is 5. The molecule has 0 unspecified atom stereocenters. The van der Waals surface area contributed by atoms with Gasteiger partial charge in [-0.1, -0.05) is 18.2 Å². The molecular formula is C16H15N3O5. The summed E-state index contributed by atoms with van der Waals surface area (Å²) < 4.78 is 0. The summed E-state index contributed by atoms with van der Waals surface area (Å²) in [7, 11) is 0. The van der Waals surface area contributed by atoms with Crippen LogP contribution >= 0.6 is 0 Å². The van der Waals surface area contributed by atoms with Gasteiger partial charge in [0.05, 0.1) is 9.85 Å². The molecule has 2 rings (SSSR count). The summed E-state index contributed by atoms with van der Waals surface area (Å²) in [6.45, 7) is 3.62. The Bertz CT molecular complexity index is 790. The summed E-state index contributed by atoms with van der Waals surface area (Å²) in [5.41, 5.74) is -0.696. The van der Waals surface area contributed by atoms with Crippen LogP contribution < -0.4 is 4.90 Å². The van der Waals surface area contributed by atoms with Gasteiger partial charge in [-0.3, -0.25) is 25.0 Å². The highest BCUT2D eigenvalue weighted by atomic mass is 16.6. The van der Waals surface area contributed by atoms with Crippen LogP contribution in [0.15, 0.2) is 48.5 Å². The lowest BCUT2D eigenvalue weighted by molar-refractivity contribution is -0.422. The molecule has 8 heteroatoms. The highest BCUT2D eigenvalue weighted by Gasteiger charge is 2.28. The molecule has 0 aliphatic rings. The number of amides is 1. The zero-order valence-corrected chi connectivity index (χ0v) is 13.1. The van der Waals surface area contributed by atoms with Gasteiger partial charge in [-0.15, -0.1) is 0 Å². The number of nitro groups is 2. The average molecular weight is 329 g/mol. The van der Waals surface area contributed by atoms with Crippen LogP contribution in [0.25, 0.3) is 0 Å². The normalized spacial score (nSPS) is 10.5. The average Bonchev–Trinajstić information content (AvgIpc) is 2.54. The highest BCUT2D eigenvalue weighted by molar-refractivity contribution is 6.07. The molecular weight excluding hydrogens is 314 g/mol. The minimum absolute atomic E-state index is 0.0184. The fraction of sp³-hybridized carbons (Fsp3) is 0.188. The van der Waals surface area contributed by atoms with Gasteiger partial charge in [-0.25, -0.2) is 0 Å². The Balaban J connectivity index is 2.50. The van der Waals surface area contributed by atoms with Gasteiger partial charge in [0, 0.05) is 29.4 Å². The number of nitro benzene ring substituents is 2. The first-order valence-electron chi connectivity index (χ1n) is 7.14. The monoisotopic (exact) mass is 329 g/mol. The van der Waals surface area contributed by atoms with Crippen molar-refractivity contribution in [2.24, 2.45) is 0 Å². The van der Waals surface area contributed by atoms with Gasteiger partial charge in [0.1, 0.15) is 0 Å². The second-order valence-corrected chi connectivity index (χ2v) is 5.32. The van der Waals surface area contributed by atoms with E-state index in [0.29, 0.717) is 5.69 Å². The molecule has 0 radical (unpaired) electrons. The summed E-state index contributed by atoms with van der Waals surface area (Å²) >= 11 is 0. The smallest absolute Gasteiger partial charge is 0.306 e. The molecule has 2 aromatic carbocycles. The molecule has 24 heavy (non-hydrogen) atoms. The molecule has 0 fully saturated rings. The third-order valence-electron chi connectivity index (χ3n) is 3.39. The van der Waals surface area contributed by atoms with Crippen molar-refractivity contribution in [2.75, 3.05) is 4.90 Å². The van der Waals surface area contributed by atoms with Gasteiger partial charge in [-0.2, -0.15) is 0 Å². The molecule has 8 nitrogen and oxygen atoms in total. The van der Waals surface area contributed by atoms with Crippen molar-refractivity contribution in [2.45, 2.75) is 19.9 Å². The highest BCUT2D eigenvalue weighted by Crippen LogP contribution is 2.29. The van der Waals surface area contributed by atoms with Gasteiger partial charge in [-0.05, 0) is 32.0 Å². The standard InChI is InChI=1S/C16H15N3O5/c1-11(2)17(13-6-4-3-5-7-13)16(20)12-8-9-14(18(21)22)15(10-12)19(23)24/h3-11H,1-2H3. The Kier molecular flexibility index (Phi) is 4.88. The van der Waals surface area contributed by atoms with Crippen LogP contribution in [-0.2, 0) is 0 Å². The van der Waals surface area contributed by atoms with Gasteiger partial charge >= 0.3 is 11.4 Å². The summed E-state index contributed by atoms with van der Waals surface area (Å²) in [6.07, 6.45) is 0. The van der Waals surface area contributed by atoms with Crippen molar-refractivity contribution < 1.29 is 14.6 Å². The van der Waals surface area contributed by atoms with E-state index in [1.54, 1.807) is 24.3 Å². The number of nitrogens with zero attached hydrogens (tertiary/aromatic N) is 3. The van der Waals surface area contributed by atoms with E-state index in [4.69, 9.17) is 0 Å². The largest absolute Gasteiger partial charge is 0.346 e. The molecule has 124 valence electrons. The predicted octanol–water partition coefficient (Wildman–Crippen LogP) is 3.56. The molecule has 0 aliphatic carbocycles. The van der Waals surface area contributed by atoms with Crippen molar-refractivity contribution in [3.63, 3.8) is 0 Å². The van der Waals surface area contributed by atoms with Crippen molar-refractivity contribution in [1.82, 2.24) is 0 Å². The summed E-state index contributed by atoms with van der Waals surface area (Å²) in [5.74, 6) is -0.464. The summed E-state index contributed by atoms with van der Waals surface area (Å²) in [5, 5.41) is 21.9. The van der Waals surface area contributed by atoms with E-state index in [-0.39, 0.29) is 11.6 Å². The summed E-state index contributed by atoms with van der Waals surface area (Å²) in [4.78, 5) is 34.5. The molecule has 2 aromatic rings. The molecule has 0 spiro atoms. The number of carbonyl (C=O) groups is 1. The van der Waals surface area contributed by atoms with Crippen molar-refractivity contribution in [1.29, 1.82) is 0 Å². The van der Waals surface area contributed by atoms with E-state index < -0.39 is 27.1 Å². The molecule has 0 N–H and O–H groups in total. The Labute approximate surface area is 137 Å². The first kappa shape index (κ1) is 17.1. The Morgan fingerprint density at radius 3 is 2.04 bits per heavy atom. The van der Waals surface area contributed by atoms with Gasteiger partial charge in [0.25, 0.3) is 5.91 Å². The maximum atomic E-state index is 12.8. The minimum Gasteiger partial charge on any atom is -0.306 e. The molecule has 0 bridgehead atoms. The molecule has 0 atom stereocenters. The maximum absolute atomic E-state index is 12.8. The molecule has 0 aliphatic heterocycles. The van der Waals surface area contributed by atoms with Crippen LogP contribution in [0.4, 0.5) is 17.1 Å². The second kappa shape index (κ2) is 6.86. The summed E-state index contributed by atoms with van der Waals surface area (Å²) in [6, 6.07) is 11.8. The molecule has 0 saturated heterocycles. The fourth-order valence-corrected chi connectivity index (χ4v) is 2.33. The number of rotatable bonds is 5. The van der Waals surface area contributed by atoms with Crippen molar-refractivity contribution in [3.05, 3.63) is 74.3 Å². The van der Waals surface area contributed by atoms with Crippen LogP contribution in [0, 0.1) is 20.2 Å². The lowest BCUT2D eigenvalue weighted by Gasteiger charge is -2.26. The molecule has 1 amide bonds. The van der Waals surface area contributed by atoms with Crippen molar-refractivity contribution in [3.8, 4) is 0 Å². The van der Waals surface area contributed by atoms with Gasteiger partial charge in [0.15, 0.2) is 0 Å². The molecule has 0 saturated carbocycles. The van der Waals surface area contributed by atoms with Gasteiger partial charge < -0.3 is 4.90 Å². The number of anilines is 1. The maximum Gasteiger partial charge on any atom is 0.346 e. The zero-order chi connectivity index (χ0) is 17.9. The van der Waals surface area contributed by atoms with E-state index in [2.05, 4.69) is 0 Å². The van der Waals surface area contributed by atoms with E-state index in [9.17, 15) is 25.0 Å². The van der Waals surface area contributed by atoms with Crippen LogP contribution in [0.2, 0.25) is 0 Å². The van der Waals surface area contributed by atoms with E-state index >= 15 is 0 Å². The third-order valence-corrected chi connectivity index (χ3v) is 3.39. The van der Waals surface area contributed by atoms with Crippen LogP contribution in [-0.4, -0.2) is 21.8 Å². The van der Waals surface area contributed by atoms with Crippen LogP contribution in [0.5, 0.6) is 0 Å². The Hall–Kier alpha value is -3.29. The topological polar surface area (TPSA) is 107 Å².